The van der Waals surface area contributed by atoms with Crippen molar-refractivity contribution in [1.29, 1.82) is 0 Å². The Kier molecular flexibility index (Phi) is 7.56. The van der Waals surface area contributed by atoms with E-state index < -0.39 is 16.0 Å². The number of morpholine rings is 1. The maximum atomic E-state index is 12.7. The highest BCUT2D eigenvalue weighted by Gasteiger charge is 2.22. The summed E-state index contributed by atoms with van der Waals surface area (Å²) < 4.78 is 38.0. The van der Waals surface area contributed by atoms with Crippen LogP contribution in [-0.4, -0.2) is 64.6 Å². The summed E-state index contributed by atoms with van der Waals surface area (Å²) in [4.78, 5) is 25.6. The van der Waals surface area contributed by atoms with Gasteiger partial charge in [-0.1, -0.05) is 6.07 Å². The first-order valence-electron chi connectivity index (χ1n) is 9.21. The van der Waals surface area contributed by atoms with Crippen LogP contribution in [-0.2, 0) is 29.1 Å². The molecule has 0 aliphatic carbocycles. The molecule has 0 saturated carbocycles. The Bertz CT molecular complexity index is 818. The second-order valence-corrected chi connectivity index (χ2v) is 8.59. The molecule has 0 bridgehead atoms. The van der Waals surface area contributed by atoms with E-state index >= 15 is 0 Å². The van der Waals surface area contributed by atoms with E-state index in [1.165, 1.54) is 0 Å². The third-order valence-electron chi connectivity index (χ3n) is 4.91. The Morgan fingerprint density at radius 2 is 1.68 bits per heavy atom. The van der Waals surface area contributed by atoms with Crippen LogP contribution in [0.3, 0.4) is 0 Å². The lowest BCUT2D eigenvalue weighted by Crippen LogP contribution is -2.42. The number of amides is 1. The molecule has 0 unspecified atom stereocenters. The maximum Gasteiger partial charge on any atom is 0.307 e. The number of benzene rings is 1. The van der Waals surface area contributed by atoms with Gasteiger partial charge in [0.1, 0.15) is 0 Å². The number of nitrogens with zero attached hydrogens (tertiary/aromatic N) is 1. The fourth-order valence-corrected chi connectivity index (χ4v) is 4.71. The summed E-state index contributed by atoms with van der Waals surface area (Å²) in [7, 11) is -3.76. The van der Waals surface area contributed by atoms with Crippen molar-refractivity contribution in [3.05, 3.63) is 28.3 Å². The molecular weight excluding hydrogens is 384 g/mol. The topological polar surface area (TPSA) is 102 Å². The monoisotopic (exact) mass is 412 g/mol. The van der Waals surface area contributed by atoms with E-state index in [9.17, 15) is 18.0 Å². The molecule has 0 radical (unpaired) electrons. The van der Waals surface area contributed by atoms with Crippen molar-refractivity contribution in [2.24, 2.45) is 0 Å². The summed E-state index contributed by atoms with van der Waals surface area (Å²) in [5, 5.41) is 0. The van der Waals surface area contributed by atoms with Crippen LogP contribution in [0.5, 0.6) is 0 Å². The number of nitrogens with one attached hydrogen (secondary N) is 1. The Morgan fingerprint density at radius 3 is 2.25 bits per heavy atom. The molecule has 1 aromatic carbocycles. The van der Waals surface area contributed by atoms with E-state index in [1.54, 1.807) is 18.7 Å². The second kappa shape index (κ2) is 9.49. The molecule has 0 spiro atoms. The Labute approximate surface area is 166 Å². The Balaban J connectivity index is 1.87. The summed E-state index contributed by atoms with van der Waals surface area (Å²) in [6, 6.07) is 1.95. The summed E-state index contributed by atoms with van der Waals surface area (Å²) >= 11 is 0. The van der Waals surface area contributed by atoms with Gasteiger partial charge in [-0.3, -0.25) is 9.59 Å². The first kappa shape index (κ1) is 22.3. The molecule has 1 fully saturated rings. The number of aryl methyl sites for hydroxylation is 2. The molecule has 1 aliphatic heterocycles. The van der Waals surface area contributed by atoms with E-state index in [-0.39, 0.29) is 30.4 Å². The number of hydrogen-bond donors (Lipinski definition) is 1. The van der Waals surface area contributed by atoms with Gasteiger partial charge in [-0.2, -0.15) is 0 Å². The van der Waals surface area contributed by atoms with Gasteiger partial charge in [-0.25, -0.2) is 13.1 Å². The van der Waals surface area contributed by atoms with Gasteiger partial charge in [0.25, 0.3) is 5.91 Å². The first-order chi connectivity index (χ1) is 13.1. The normalized spacial score (nSPS) is 14.8. The molecular formula is C19H28N2O6S. The standard InChI is InChI=1S/C19H28N2O6S/c1-13-11-14(2)16(4)19(15(13)3)28(24,25)20-6-5-18(23)27-12-17(22)21-7-9-26-10-8-21/h11,20H,5-10,12H2,1-4H3. The summed E-state index contributed by atoms with van der Waals surface area (Å²) in [5.74, 6) is -0.906. The molecule has 1 saturated heterocycles. The van der Waals surface area contributed by atoms with E-state index in [4.69, 9.17) is 9.47 Å². The van der Waals surface area contributed by atoms with Crippen LogP contribution >= 0.6 is 0 Å². The zero-order valence-electron chi connectivity index (χ0n) is 16.8. The van der Waals surface area contributed by atoms with Crippen molar-refractivity contribution in [2.45, 2.75) is 39.0 Å². The first-order valence-corrected chi connectivity index (χ1v) is 10.7. The predicted molar refractivity (Wildman–Crippen MR) is 104 cm³/mol. The highest BCUT2D eigenvalue weighted by molar-refractivity contribution is 7.89. The number of hydrogen-bond acceptors (Lipinski definition) is 6. The van der Waals surface area contributed by atoms with Crippen molar-refractivity contribution >= 4 is 21.9 Å². The van der Waals surface area contributed by atoms with E-state index in [1.807, 2.05) is 19.9 Å². The lowest BCUT2D eigenvalue weighted by atomic mass is 10.0. The SMILES string of the molecule is Cc1cc(C)c(C)c(S(=O)(=O)NCCC(=O)OCC(=O)N2CCOCC2)c1C. The van der Waals surface area contributed by atoms with Gasteiger partial charge in [0.2, 0.25) is 10.0 Å². The van der Waals surface area contributed by atoms with Gasteiger partial charge in [0.05, 0.1) is 24.5 Å². The summed E-state index contributed by atoms with van der Waals surface area (Å²) in [5.41, 5.74) is 3.16. The van der Waals surface area contributed by atoms with Gasteiger partial charge >= 0.3 is 5.97 Å². The molecule has 1 aliphatic rings. The molecule has 2 rings (SSSR count). The fraction of sp³-hybridized carbons (Fsp3) is 0.579. The van der Waals surface area contributed by atoms with Crippen LogP contribution in [0.25, 0.3) is 0 Å². The smallest absolute Gasteiger partial charge is 0.307 e. The quantitative estimate of drug-likeness (QED) is 0.670. The number of carbonyl (C=O) groups excluding carboxylic acids is 2. The third-order valence-corrected chi connectivity index (χ3v) is 6.64. The highest BCUT2D eigenvalue weighted by Crippen LogP contribution is 2.25. The van der Waals surface area contributed by atoms with Crippen molar-refractivity contribution in [2.75, 3.05) is 39.5 Å². The highest BCUT2D eigenvalue weighted by atomic mass is 32.2. The van der Waals surface area contributed by atoms with Gasteiger partial charge in [-0.15, -0.1) is 0 Å². The van der Waals surface area contributed by atoms with Gasteiger partial charge < -0.3 is 14.4 Å². The minimum atomic E-state index is -3.76. The number of carbonyl (C=O) groups is 2. The average molecular weight is 413 g/mol. The molecule has 28 heavy (non-hydrogen) atoms. The summed E-state index contributed by atoms with van der Waals surface area (Å²) in [6.07, 6.45) is -0.154. The maximum absolute atomic E-state index is 12.7. The van der Waals surface area contributed by atoms with Gasteiger partial charge in [-0.05, 0) is 49.9 Å². The van der Waals surface area contributed by atoms with Crippen molar-refractivity contribution in [1.82, 2.24) is 9.62 Å². The van der Waals surface area contributed by atoms with Gasteiger partial charge in [0.15, 0.2) is 6.61 Å². The molecule has 1 N–H and O–H groups in total. The van der Waals surface area contributed by atoms with Crippen LogP contribution in [0.4, 0.5) is 0 Å². The van der Waals surface area contributed by atoms with E-state index in [0.717, 1.165) is 11.1 Å². The summed E-state index contributed by atoms with van der Waals surface area (Å²) in [6.45, 7) is 8.71. The molecule has 1 amide bonds. The van der Waals surface area contributed by atoms with Crippen molar-refractivity contribution in [3.63, 3.8) is 0 Å². The molecule has 8 nitrogen and oxygen atoms in total. The van der Waals surface area contributed by atoms with Crippen LogP contribution in [0, 0.1) is 27.7 Å². The van der Waals surface area contributed by atoms with Crippen molar-refractivity contribution in [3.8, 4) is 0 Å². The van der Waals surface area contributed by atoms with E-state index in [0.29, 0.717) is 37.4 Å². The molecule has 9 heteroatoms. The zero-order valence-corrected chi connectivity index (χ0v) is 17.6. The van der Waals surface area contributed by atoms with Crippen LogP contribution < -0.4 is 4.72 Å². The largest absolute Gasteiger partial charge is 0.456 e. The zero-order chi connectivity index (χ0) is 20.9. The average Bonchev–Trinajstić information content (AvgIpc) is 2.65. The number of rotatable bonds is 7. The van der Waals surface area contributed by atoms with Crippen LogP contribution in [0.15, 0.2) is 11.0 Å². The minimum Gasteiger partial charge on any atom is -0.456 e. The molecule has 0 atom stereocenters. The van der Waals surface area contributed by atoms with Crippen LogP contribution in [0.1, 0.15) is 28.7 Å². The molecule has 156 valence electrons. The second-order valence-electron chi connectivity index (χ2n) is 6.89. The number of sulfonamides is 1. The molecule has 1 heterocycles. The number of ether oxygens (including phenoxy) is 2. The molecule has 0 aromatic heterocycles. The Morgan fingerprint density at radius 1 is 1.11 bits per heavy atom. The minimum absolute atomic E-state index is 0.0984. The lowest BCUT2D eigenvalue weighted by Gasteiger charge is -2.26. The predicted octanol–water partition coefficient (Wildman–Crippen LogP) is 0.991. The lowest BCUT2D eigenvalue weighted by molar-refractivity contribution is -0.153. The Hall–Kier alpha value is -1.97. The number of esters is 1. The van der Waals surface area contributed by atoms with Crippen molar-refractivity contribution < 1.29 is 27.5 Å². The third kappa shape index (κ3) is 5.52. The molecule has 1 aromatic rings. The van der Waals surface area contributed by atoms with Gasteiger partial charge in [0, 0.05) is 19.6 Å². The van der Waals surface area contributed by atoms with Crippen LogP contribution in [0.2, 0.25) is 0 Å². The van der Waals surface area contributed by atoms with E-state index in [2.05, 4.69) is 4.72 Å². The fourth-order valence-electron chi connectivity index (χ4n) is 3.06.